The van der Waals surface area contributed by atoms with Crippen molar-refractivity contribution in [2.75, 3.05) is 6.61 Å². The van der Waals surface area contributed by atoms with Crippen LogP contribution in [0.2, 0.25) is 5.15 Å². The summed E-state index contributed by atoms with van der Waals surface area (Å²) in [5, 5.41) is 3.15. The number of aromatic nitrogens is 1. The Balaban J connectivity index is 2.50. The number of amides is 1. The number of nitrogens with one attached hydrogen (secondary N) is 1. The minimum Gasteiger partial charge on any atom is -0.490 e. The van der Waals surface area contributed by atoms with E-state index in [-0.39, 0.29) is 6.04 Å². The second-order valence-electron chi connectivity index (χ2n) is 5.51. The van der Waals surface area contributed by atoms with Gasteiger partial charge in [-0.15, -0.1) is 0 Å². The van der Waals surface area contributed by atoms with Gasteiger partial charge in [0.2, 0.25) is 0 Å². The number of carbonyl (C=O) groups is 1. The zero-order chi connectivity index (χ0) is 16.0. The topological polar surface area (TPSA) is 60.5 Å². The van der Waals surface area contributed by atoms with Crippen molar-refractivity contribution < 1.29 is 14.3 Å². The number of hydrogen-bond acceptors (Lipinski definition) is 4. The number of alkyl carbamates (subject to hydrolysis) is 1. The van der Waals surface area contributed by atoms with Crippen LogP contribution < -0.4 is 10.1 Å². The Bertz CT molecular complexity index is 492. The molecule has 1 atom stereocenters. The van der Waals surface area contributed by atoms with Crippen LogP contribution in [0, 0.1) is 0 Å². The van der Waals surface area contributed by atoms with Gasteiger partial charge in [-0.25, -0.2) is 9.78 Å². The lowest BCUT2D eigenvalue weighted by molar-refractivity contribution is 0.0486. The molecule has 7 heteroatoms. The standard InChI is InChI=1S/C14H20BrClN2O3/c1-5-9(18-13(19)21-14(2,3)4)8-20-10-6-11(15)12(16)17-7-10/h6-7,9H,5,8H2,1-4H3,(H,18,19)/t9-/m0/s1. The minimum absolute atomic E-state index is 0.144. The number of rotatable bonds is 5. The molecule has 1 rings (SSSR count). The second-order valence-corrected chi connectivity index (χ2v) is 6.72. The van der Waals surface area contributed by atoms with Gasteiger partial charge in [-0.05, 0) is 49.2 Å². The van der Waals surface area contributed by atoms with Crippen LogP contribution >= 0.6 is 27.5 Å². The molecule has 1 amide bonds. The van der Waals surface area contributed by atoms with Gasteiger partial charge in [0.05, 0.1) is 16.7 Å². The lowest BCUT2D eigenvalue weighted by atomic mass is 10.2. The first-order valence-corrected chi connectivity index (χ1v) is 7.81. The molecule has 0 radical (unpaired) electrons. The Labute approximate surface area is 138 Å². The zero-order valence-corrected chi connectivity index (χ0v) is 14.9. The van der Waals surface area contributed by atoms with E-state index >= 15 is 0 Å². The van der Waals surface area contributed by atoms with Gasteiger partial charge in [0.15, 0.2) is 0 Å². The highest BCUT2D eigenvalue weighted by molar-refractivity contribution is 9.10. The van der Waals surface area contributed by atoms with Crippen LogP contribution in [0.4, 0.5) is 4.79 Å². The van der Waals surface area contributed by atoms with Gasteiger partial charge in [0.25, 0.3) is 0 Å². The lowest BCUT2D eigenvalue weighted by Crippen LogP contribution is -2.41. The summed E-state index contributed by atoms with van der Waals surface area (Å²) >= 11 is 9.09. The van der Waals surface area contributed by atoms with Crippen molar-refractivity contribution in [1.29, 1.82) is 0 Å². The van der Waals surface area contributed by atoms with Crippen molar-refractivity contribution in [2.45, 2.75) is 45.8 Å². The number of ether oxygens (including phenoxy) is 2. The summed E-state index contributed by atoms with van der Waals surface area (Å²) in [6, 6.07) is 1.59. The molecule has 1 aromatic rings. The van der Waals surface area contributed by atoms with E-state index in [4.69, 9.17) is 21.1 Å². The van der Waals surface area contributed by atoms with Crippen molar-refractivity contribution in [3.8, 4) is 5.75 Å². The summed E-state index contributed by atoms with van der Waals surface area (Å²) in [5.41, 5.74) is -0.520. The SMILES string of the molecule is CC[C@@H](COc1cnc(Cl)c(Br)c1)NC(=O)OC(C)(C)C. The van der Waals surface area contributed by atoms with E-state index in [1.54, 1.807) is 6.07 Å². The molecule has 0 saturated heterocycles. The number of hydrogen-bond donors (Lipinski definition) is 1. The average Bonchev–Trinajstić information content (AvgIpc) is 2.36. The van der Waals surface area contributed by atoms with E-state index in [2.05, 4.69) is 26.2 Å². The zero-order valence-electron chi connectivity index (χ0n) is 12.6. The summed E-state index contributed by atoms with van der Waals surface area (Å²) in [6.07, 6.45) is 1.81. The molecule has 0 aliphatic heterocycles. The van der Waals surface area contributed by atoms with Gasteiger partial charge in [-0.1, -0.05) is 18.5 Å². The fourth-order valence-corrected chi connectivity index (χ4v) is 1.85. The molecular weight excluding hydrogens is 360 g/mol. The first-order chi connectivity index (χ1) is 9.71. The van der Waals surface area contributed by atoms with E-state index in [9.17, 15) is 4.79 Å². The Morgan fingerprint density at radius 1 is 1.52 bits per heavy atom. The fourth-order valence-electron chi connectivity index (χ4n) is 1.42. The van der Waals surface area contributed by atoms with Gasteiger partial charge in [-0.2, -0.15) is 0 Å². The molecule has 1 aromatic heterocycles. The lowest BCUT2D eigenvalue weighted by Gasteiger charge is -2.23. The summed E-state index contributed by atoms with van der Waals surface area (Å²) in [7, 11) is 0. The molecule has 118 valence electrons. The number of nitrogens with zero attached hydrogens (tertiary/aromatic N) is 1. The van der Waals surface area contributed by atoms with Crippen molar-refractivity contribution >= 4 is 33.6 Å². The van der Waals surface area contributed by atoms with E-state index in [1.807, 2.05) is 27.7 Å². The average molecular weight is 380 g/mol. The van der Waals surface area contributed by atoms with Crippen molar-refractivity contribution in [3.05, 3.63) is 21.9 Å². The highest BCUT2D eigenvalue weighted by Gasteiger charge is 2.19. The minimum atomic E-state index is -0.520. The maximum absolute atomic E-state index is 11.7. The highest BCUT2D eigenvalue weighted by atomic mass is 79.9. The molecule has 1 N–H and O–H groups in total. The van der Waals surface area contributed by atoms with Crippen LogP contribution in [0.5, 0.6) is 5.75 Å². The van der Waals surface area contributed by atoms with E-state index in [1.165, 1.54) is 6.20 Å². The third-order valence-corrected chi connectivity index (χ3v) is 3.57. The number of halogens is 2. The van der Waals surface area contributed by atoms with Crippen LogP contribution in [-0.4, -0.2) is 29.3 Å². The van der Waals surface area contributed by atoms with Crippen LogP contribution in [0.25, 0.3) is 0 Å². The summed E-state index contributed by atoms with van der Waals surface area (Å²) in [6.45, 7) is 7.75. The molecule has 5 nitrogen and oxygen atoms in total. The Morgan fingerprint density at radius 2 is 2.19 bits per heavy atom. The predicted molar refractivity (Wildman–Crippen MR) is 85.9 cm³/mol. The first kappa shape index (κ1) is 18.0. The first-order valence-electron chi connectivity index (χ1n) is 6.64. The summed E-state index contributed by atoms with van der Waals surface area (Å²) in [5.74, 6) is 0.579. The van der Waals surface area contributed by atoms with Crippen LogP contribution in [0.1, 0.15) is 34.1 Å². The van der Waals surface area contributed by atoms with Gasteiger partial charge >= 0.3 is 6.09 Å². The van der Waals surface area contributed by atoms with Crippen LogP contribution in [-0.2, 0) is 4.74 Å². The van der Waals surface area contributed by atoms with Gasteiger partial charge < -0.3 is 14.8 Å². The van der Waals surface area contributed by atoms with Crippen molar-refractivity contribution in [2.24, 2.45) is 0 Å². The molecule has 21 heavy (non-hydrogen) atoms. The van der Waals surface area contributed by atoms with Crippen molar-refractivity contribution in [3.63, 3.8) is 0 Å². The summed E-state index contributed by atoms with van der Waals surface area (Å²) in [4.78, 5) is 15.7. The molecule has 0 aliphatic carbocycles. The van der Waals surface area contributed by atoms with Gasteiger partial charge in [0.1, 0.15) is 23.1 Å². The van der Waals surface area contributed by atoms with E-state index in [0.29, 0.717) is 22.0 Å². The second kappa shape index (κ2) is 7.84. The third-order valence-electron chi connectivity index (χ3n) is 2.44. The van der Waals surface area contributed by atoms with Crippen LogP contribution in [0.15, 0.2) is 16.7 Å². The molecule has 0 bridgehead atoms. The van der Waals surface area contributed by atoms with Gasteiger partial charge in [-0.3, -0.25) is 0 Å². The molecular formula is C14H20BrClN2O3. The molecule has 0 unspecified atom stereocenters. The molecule has 0 saturated carbocycles. The molecule has 0 fully saturated rings. The Morgan fingerprint density at radius 3 is 2.71 bits per heavy atom. The largest absolute Gasteiger partial charge is 0.490 e. The van der Waals surface area contributed by atoms with E-state index < -0.39 is 11.7 Å². The number of pyridine rings is 1. The van der Waals surface area contributed by atoms with E-state index in [0.717, 1.165) is 6.42 Å². The highest BCUT2D eigenvalue weighted by Crippen LogP contribution is 2.24. The molecule has 0 aliphatic rings. The molecule has 0 spiro atoms. The van der Waals surface area contributed by atoms with Crippen LogP contribution in [0.3, 0.4) is 0 Å². The summed E-state index contributed by atoms with van der Waals surface area (Å²) < 4.78 is 11.5. The maximum atomic E-state index is 11.7. The Hall–Kier alpha value is -1.01. The quantitative estimate of drug-likeness (QED) is 0.780. The van der Waals surface area contributed by atoms with Crippen molar-refractivity contribution in [1.82, 2.24) is 10.3 Å². The maximum Gasteiger partial charge on any atom is 0.407 e. The molecule has 0 aromatic carbocycles. The van der Waals surface area contributed by atoms with Gasteiger partial charge in [0, 0.05) is 0 Å². The smallest absolute Gasteiger partial charge is 0.407 e. The third kappa shape index (κ3) is 7.00. The number of carbonyl (C=O) groups excluding carboxylic acids is 1. The Kier molecular flexibility index (Phi) is 6.74. The molecule has 1 heterocycles. The normalized spacial score (nSPS) is 12.7. The predicted octanol–water partition coefficient (Wildman–Crippen LogP) is 4.18. The fraction of sp³-hybridized carbons (Fsp3) is 0.571. The monoisotopic (exact) mass is 378 g/mol.